The van der Waals surface area contributed by atoms with Crippen molar-refractivity contribution < 1.29 is 13.9 Å². The number of esters is 1. The van der Waals surface area contributed by atoms with Crippen LogP contribution >= 0.6 is 11.6 Å². The van der Waals surface area contributed by atoms with Gasteiger partial charge >= 0.3 is 5.97 Å². The number of benzene rings is 2. The number of furan rings is 1. The van der Waals surface area contributed by atoms with Crippen LogP contribution in [0.4, 0.5) is 5.82 Å². The fraction of sp³-hybridized carbons (Fsp3) is 0.207. The Bertz CT molecular complexity index is 1370. The van der Waals surface area contributed by atoms with Crippen LogP contribution in [-0.2, 0) is 16.0 Å². The summed E-state index contributed by atoms with van der Waals surface area (Å²) in [4.78, 5) is 22.6. The van der Waals surface area contributed by atoms with E-state index in [1.54, 1.807) is 30.7 Å². The molecule has 0 saturated heterocycles. The van der Waals surface area contributed by atoms with Crippen molar-refractivity contribution in [2.24, 2.45) is 0 Å². The van der Waals surface area contributed by atoms with Crippen molar-refractivity contribution in [3.8, 4) is 11.3 Å². The summed E-state index contributed by atoms with van der Waals surface area (Å²) in [7, 11) is 0. The van der Waals surface area contributed by atoms with E-state index in [2.05, 4.69) is 10.3 Å². The van der Waals surface area contributed by atoms with Crippen LogP contribution in [0.25, 0.3) is 17.3 Å². The number of nitrogens with zero attached hydrogens (tertiary/aromatic N) is 2. The van der Waals surface area contributed by atoms with E-state index in [1.807, 2.05) is 76.2 Å². The summed E-state index contributed by atoms with van der Waals surface area (Å²) in [5.41, 5.74) is 3.62. The van der Waals surface area contributed by atoms with Gasteiger partial charge in [0.05, 0.1) is 28.9 Å². The number of hydrogen-bond acceptors (Lipinski definition) is 6. The molecule has 1 N–H and O–H groups in total. The van der Waals surface area contributed by atoms with E-state index in [9.17, 15) is 4.79 Å². The molecule has 0 aliphatic rings. The van der Waals surface area contributed by atoms with Crippen LogP contribution in [0, 0.1) is 6.92 Å². The largest absolute Gasteiger partial charge is 0.465 e. The highest BCUT2D eigenvalue weighted by Gasteiger charge is 2.22. The number of carbonyl (C=O) groups excluding carboxylic acids is 1. The first-order chi connectivity index (χ1) is 17.2. The van der Waals surface area contributed by atoms with E-state index in [0.29, 0.717) is 34.4 Å². The van der Waals surface area contributed by atoms with Crippen molar-refractivity contribution in [2.45, 2.75) is 39.7 Å². The number of rotatable bonds is 7. The average molecular weight is 502 g/mol. The normalized spacial score (nSPS) is 11.9. The summed E-state index contributed by atoms with van der Waals surface area (Å²) in [5, 5.41) is 3.78. The zero-order valence-electron chi connectivity index (χ0n) is 20.7. The first-order valence-corrected chi connectivity index (χ1v) is 12.0. The van der Waals surface area contributed by atoms with Gasteiger partial charge in [-0.15, -0.1) is 0 Å². The fourth-order valence-corrected chi connectivity index (χ4v) is 3.76. The molecule has 0 spiro atoms. The number of halogens is 1. The second-order valence-corrected chi connectivity index (χ2v) is 9.73. The average Bonchev–Trinajstić information content (AvgIpc) is 3.34. The van der Waals surface area contributed by atoms with Crippen molar-refractivity contribution in [1.82, 2.24) is 9.97 Å². The third-order valence-corrected chi connectivity index (χ3v) is 5.73. The van der Waals surface area contributed by atoms with Crippen LogP contribution in [0.15, 0.2) is 83.2 Å². The van der Waals surface area contributed by atoms with Gasteiger partial charge in [0.1, 0.15) is 17.1 Å². The monoisotopic (exact) mass is 501 g/mol. The molecular weight excluding hydrogens is 474 g/mol. The maximum Gasteiger partial charge on any atom is 0.355 e. The number of ether oxygens (including phenoxy) is 1. The number of aromatic nitrogens is 2. The van der Waals surface area contributed by atoms with E-state index in [0.717, 1.165) is 16.7 Å². The van der Waals surface area contributed by atoms with Gasteiger partial charge in [-0.1, -0.05) is 60.1 Å². The lowest BCUT2D eigenvalue weighted by molar-refractivity contribution is -0.149. The molecular formula is C29H28ClN3O3. The molecule has 0 bridgehead atoms. The predicted octanol–water partition coefficient (Wildman–Crippen LogP) is 7.08. The molecule has 4 aromatic rings. The Morgan fingerprint density at radius 1 is 1.08 bits per heavy atom. The van der Waals surface area contributed by atoms with Crippen molar-refractivity contribution in [3.63, 3.8) is 0 Å². The molecule has 0 saturated carbocycles. The van der Waals surface area contributed by atoms with Crippen molar-refractivity contribution >= 4 is 29.5 Å². The van der Waals surface area contributed by atoms with Crippen LogP contribution in [0.5, 0.6) is 0 Å². The standard InChI is InChI=1S/C29H28ClN3O3/c1-19-10-8-14-22(26(19)30)25-18-31-27(23(32-25)16-20-11-6-5-7-12-20)33-24(17-21-13-9-15-35-21)28(34)36-29(2,3)4/h5-15,17-18H,16H2,1-4H3,(H,31,33)/b24-17-. The second-order valence-electron chi connectivity index (χ2n) is 9.35. The molecule has 184 valence electrons. The van der Waals surface area contributed by atoms with E-state index >= 15 is 0 Å². The topological polar surface area (TPSA) is 77.2 Å². The van der Waals surface area contributed by atoms with Crippen LogP contribution in [-0.4, -0.2) is 21.5 Å². The maximum atomic E-state index is 13.1. The Morgan fingerprint density at radius 2 is 1.86 bits per heavy atom. The third kappa shape index (κ3) is 6.40. The van der Waals surface area contributed by atoms with Gasteiger partial charge in [0.15, 0.2) is 5.82 Å². The Balaban J connectivity index is 1.77. The highest BCUT2D eigenvalue weighted by atomic mass is 35.5. The summed E-state index contributed by atoms with van der Waals surface area (Å²) in [5.74, 6) is 0.413. The smallest absolute Gasteiger partial charge is 0.355 e. The molecule has 0 aliphatic carbocycles. The lowest BCUT2D eigenvalue weighted by Gasteiger charge is -2.21. The van der Waals surface area contributed by atoms with Crippen LogP contribution < -0.4 is 5.32 Å². The lowest BCUT2D eigenvalue weighted by Crippen LogP contribution is -2.27. The van der Waals surface area contributed by atoms with Gasteiger partial charge in [-0.05, 0) is 51.0 Å². The predicted molar refractivity (Wildman–Crippen MR) is 143 cm³/mol. The zero-order chi connectivity index (χ0) is 25.7. The number of hydrogen-bond donors (Lipinski definition) is 1. The van der Waals surface area contributed by atoms with E-state index in [1.165, 1.54) is 0 Å². The van der Waals surface area contributed by atoms with Gasteiger partial charge in [-0.25, -0.2) is 14.8 Å². The maximum absolute atomic E-state index is 13.1. The molecule has 2 heterocycles. The molecule has 0 radical (unpaired) electrons. The number of anilines is 1. The summed E-state index contributed by atoms with van der Waals surface area (Å²) < 4.78 is 11.1. The van der Waals surface area contributed by atoms with E-state index in [-0.39, 0.29) is 5.70 Å². The fourth-order valence-electron chi connectivity index (χ4n) is 3.54. The second kappa shape index (κ2) is 10.8. The van der Waals surface area contributed by atoms with Crippen LogP contribution in [0.3, 0.4) is 0 Å². The molecule has 36 heavy (non-hydrogen) atoms. The Kier molecular flexibility index (Phi) is 7.55. The molecule has 7 heteroatoms. The Morgan fingerprint density at radius 3 is 2.56 bits per heavy atom. The first kappa shape index (κ1) is 25.2. The molecule has 0 aliphatic heterocycles. The van der Waals surface area contributed by atoms with Gasteiger partial charge < -0.3 is 14.5 Å². The van der Waals surface area contributed by atoms with Crippen LogP contribution in [0.1, 0.15) is 43.4 Å². The number of nitrogens with one attached hydrogen (secondary N) is 1. The number of carbonyl (C=O) groups is 1. The molecule has 0 atom stereocenters. The van der Waals surface area contributed by atoms with E-state index in [4.69, 9.17) is 25.7 Å². The van der Waals surface area contributed by atoms with Crippen molar-refractivity contribution in [1.29, 1.82) is 0 Å². The minimum atomic E-state index is -0.675. The first-order valence-electron chi connectivity index (χ1n) is 11.6. The zero-order valence-corrected chi connectivity index (χ0v) is 21.5. The summed E-state index contributed by atoms with van der Waals surface area (Å²) in [6.07, 6.45) is 5.28. The summed E-state index contributed by atoms with van der Waals surface area (Å²) >= 11 is 6.58. The quantitative estimate of drug-likeness (QED) is 0.215. The minimum absolute atomic E-state index is 0.185. The highest BCUT2D eigenvalue weighted by Crippen LogP contribution is 2.30. The van der Waals surface area contributed by atoms with Crippen molar-refractivity contribution in [3.05, 3.63) is 106 Å². The molecule has 0 unspecified atom stereocenters. The van der Waals surface area contributed by atoms with E-state index < -0.39 is 11.6 Å². The summed E-state index contributed by atoms with van der Waals surface area (Å²) in [6.45, 7) is 7.40. The van der Waals surface area contributed by atoms with Gasteiger partial charge in [0.2, 0.25) is 0 Å². The number of aryl methyl sites for hydroxylation is 1. The Hall–Kier alpha value is -3.90. The summed E-state index contributed by atoms with van der Waals surface area (Å²) in [6, 6.07) is 19.3. The minimum Gasteiger partial charge on any atom is -0.465 e. The third-order valence-electron chi connectivity index (χ3n) is 5.23. The van der Waals surface area contributed by atoms with Gasteiger partial charge in [-0.2, -0.15) is 0 Å². The molecule has 0 amide bonds. The van der Waals surface area contributed by atoms with Gasteiger partial charge in [-0.3, -0.25) is 0 Å². The molecule has 2 aromatic heterocycles. The van der Waals surface area contributed by atoms with Gasteiger partial charge in [0, 0.05) is 18.1 Å². The SMILES string of the molecule is Cc1cccc(-c2cnc(N/C(=C\c3ccco3)C(=O)OC(C)(C)C)c(Cc3ccccc3)n2)c1Cl. The molecule has 4 rings (SSSR count). The van der Waals surface area contributed by atoms with Crippen molar-refractivity contribution in [2.75, 3.05) is 5.32 Å². The lowest BCUT2D eigenvalue weighted by atomic mass is 10.1. The molecule has 2 aromatic carbocycles. The van der Waals surface area contributed by atoms with Gasteiger partial charge in [0.25, 0.3) is 0 Å². The Labute approximate surface area is 216 Å². The molecule has 6 nitrogen and oxygen atoms in total. The highest BCUT2D eigenvalue weighted by molar-refractivity contribution is 6.34. The molecule has 0 fully saturated rings. The van der Waals surface area contributed by atoms with Crippen LogP contribution in [0.2, 0.25) is 5.02 Å².